The maximum atomic E-state index is 13.8. The number of para-hydroxylation sites is 1. The van der Waals surface area contributed by atoms with E-state index in [1.54, 1.807) is 6.07 Å². The van der Waals surface area contributed by atoms with E-state index in [9.17, 15) is 4.39 Å². The second-order valence-corrected chi connectivity index (χ2v) is 5.08. The molecule has 1 heterocycles. The summed E-state index contributed by atoms with van der Waals surface area (Å²) >= 11 is 0. The fraction of sp³-hybridized carbons (Fsp3) is 0.625. The Hall–Kier alpha value is -1.17. The summed E-state index contributed by atoms with van der Waals surface area (Å²) < 4.78 is 24.9. The fourth-order valence-corrected chi connectivity index (χ4v) is 2.62. The number of rotatable bonds is 7. The Morgan fingerprint density at radius 2 is 1.67 bits per heavy atom. The Labute approximate surface area is 126 Å². The molecule has 0 unspecified atom stereocenters. The van der Waals surface area contributed by atoms with Crippen LogP contribution in [0.4, 0.5) is 10.1 Å². The molecular formula is C16H25FN2O2. The highest BCUT2D eigenvalue weighted by Crippen LogP contribution is 2.20. The lowest BCUT2D eigenvalue weighted by Gasteiger charge is -2.37. The van der Waals surface area contributed by atoms with Gasteiger partial charge in [0.2, 0.25) is 0 Å². The minimum absolute atomic E-state index is 0.146. The van der Waals surface area contributed by atoms with Gasteiger partial charge in [-0.2, -0.15) is 0 Å². The van der Waals surface area contributed by atoms with Gasteiger partial charge in [-0.1, -0.05) is 12.1 Å². The number of hydrogen-bond acceptors (Lipinski definition) is 4. The van der Waals surface area contributed by atoms with Gasteiger partial charge in [-0.3, -0.25) is 4.90 Å². The van der Waals surface area contributed by atoms with E-state index in [2.05, 4.69) is 9.80 Å². The second-order valence-electron chi connectivity index (χ2n) is 5.08. The highest BCUT2D eigenvalue weighted by Gasteiger charge is 2.21. The van der Waals surface area contributed by atoms with E-state index in [4.69, 9.17) is 9.47 Å². The van der Waals surface area contributed by atoms with Crippen molar-refractivity contribution in [3.63, 3.8) is 0 Å². The lowest BCUT2D eigenvalue weighted by molar-refractivity contribution is -0.147. The maximum absolute atomic E-state index is 13.8. The summed E-state index contributed by atoms with van der Waals surface area (Å²) in [6, 6.07) is 6.96. The fourth-order valence-electron chi connectivity index (χ4n) is 2.62. The molecule has 118 valence electrons. The number of anilines is 1. The molecule has 0 radical (unpaired) electrons. The number of ether oxygens (including phenoxy) is 2. The van der Waals surface area contributed by atoms with Crippen LogP contribution >= 0.6 is 0 Å². The van der Waals surface area contributed by atoms with Crippen LogP contribution in [-0.2, 0) is 9.47 Å². The lowest BCUT2D eigenvalue weighted by atomic mass is 10.2. The summed E-state index contributed by atoms with van der Waals surface area (Å²) in [5, 5.41) is 0. The molecule has 1 aliphatic heterocycles. The van der Waals surface area contributed by atoms with Crippen molar-refractivity contribution in [2.24, 2.45) is 0 Å². The molecule has 0 atom stereocenters. The molecule has 1 aromatic carbocycles. The van der Waals surface area contributed by atoms with Crippen LogP contribution in [0.15, 0.2) is 24.3 Å². The molecule has 0 saturated carbocycles. The average Bonchev–Trinajstić information content (AvgIpc) is 2.49. The molecule has 4 nitrogen and oxygen atoms in total. The Morgan fingerprint density at radius 1 is 1.05 bits per heavy atom. The van der Waals surface area contributed by atoms with Crippen molar-refractivity contribution >= 4 is 5.69 Å². The van der Waals surface area contributed by atoms with Gasteiger partial charge in [-0.25, -0.2) is 4.39 Å². The van der Waals surface area contributed by atoms with Crippen molar-refractivity contribution in [1.82, 2.24) is 4.90 Å². The summed E-state index contributed by atoms with van der Waals surface area (Å²) in [6.45, 7) is 9.46. The van der Waals surface area contributed by atoms with Crippen LogP contribution in [0.1, 0.15) is 13.8 Å². The topological polar surface area (TPSA) is 24.9 Å². The molecule has 0 bridgehead atoms. The lowest BCUT2D eigenvalue weighted by Crippen LogP contribution is -2.49. The molecule has 2 rings (SSSR count). The van der Waals surface area contributed by atoms with Crippen LogP contribution in [0.25, 0.3) is 0 Å². The van der Waals surface area contributed by atoms with Gasteiger partial charge in [0, 0.05) is 45.9 Å². The number of halogens is 1. The third-order valence-electron chi connectivity index (χ3n) is 3.68. The van der Waals surface area contributed by atoms with E-state index >= 15 is 0 Å². The number of piperazine rings is 1. The van der Waals surface area contributed by atoms with Crippen LogP contribution in [0, 0.1) is 5.82 Å². The minimum Gasteiger partial charge on any atom is -0.367 e. The van der Waals surface area contributed by atoms with Gasteiger partial charge in [0.15, 0.2) is 6.29 Å². The van der Waals surface area contributed by atoms with Crippen molar-refractivity contribution in [2.45, 2.75) is 20.1 Å². The second kappa shape index (κ2) is 8.32. The first-order chi connectivity index (χ1) is 10.2. The number of nitrogens with zero attached hydrogens (tertiary/aromatic N) is 2. The van der Waals surface area contributed by atoms with Crippen LogP contribution in [0.2, 0.25) is 0 Å². The normalized spacial score (nSPS) is 16.7. The van der Waals surface area contributed by atoms with Crippen LogP contribution in [0.3, 0.4) is 0 Å². The molecule has 1 fully saturated rings. The molecule has 0 aliphatic carbocycles. The van der Waals surface area contributed by atoms with E-state index in [0.29, 0.717) is 18.9 Å². The summed E-state index contributed by atoms with van der Waals surface area (Å²) in [5.74, 6) is -0.146. The average molecular weight is 296 g/mol. The first-order valence-electron chi connectivity index (χ1n) is 7.69. The Morgan fingerprint density at radius 3 is 2.24 bits per heavy atom. The van der Waals surface area contributed by atoms with Crippen LogP contribution < -0.4 is 4.90 Å². The summed E-state index contributed by atoms with van der Waals surface area (Å²) in [7, 11) is 0. The largest absolute Gasteiger partial charge is 0.367 e. The van der Waals surface area contributed by atoms with Gasteiger partial charge in [-0.15, -0.1) is 0 Å². The smallest absolute Gasteiger partial charge is 0.170 e. The maximum Gasteiger partial charge on any atom is 0.170 e. The Bertz CT molecular complexity index is 416. The monoisotopic (exact) mass is 296 g/mol. The van der Waals surface area contributed by atoms with Crippen molar-refractivity contribution in [1.29, 1.82) is 0 Å². The van der Waals surface area contributed by atoms with Crippen LogP contribution in [-0.4, -0.2) is 57.1 Å². The summed E-state index contributed by atoms with van der Waals surface area (Å²) in [4.78, 5) is 4.41. The standard InChI is InChI=1S/C16H25FN2O2/c1-3-20-16(21-4-2)13-18-9-11-19(12-10-18)15-8-6-5-7-14(15)17/h5-8,16H,3-4,9-13H2,1-2H3. The predicted octanol–water partition coefficient (Wildman–Crippen LogP) is 2.35. The van der Waals surface area contributed by atoms with E-state index in [1.165, 1.54) is 6.07 Å². The summed E-state index contributed by atoms with van der Waals surface area (Å²) in [6.07, 6.45) is -0.167. The minimum atomic E-state index is -0.167. The first kappa shape index (κ1) is 16.2. The molecule has 21 heavy (non-hydrogen) atoms. The SMILES string of the molecule is CCOC(CN1CCN(c2ccccc2F)CC1)OCC. The van der Waals surface area contributed by atoms with E-state index < -0.39 is 0 Å². The highest BCUT2D eigenvalue weighted by atomic mass is 19.1. The molecule has 0 spiro atoms. The zero-order valence-electron chi connectivity index (χ0n) is 12.9. The molecule has 5 heteroatoms. The van der Waals surface area contributed by atoms with Crippen molar-refractivity contribution in [3.05, 3.63) is 30.1 Å². The molecule has 1 saturated heterocycles. The third-order valence-corrected chi connectivity index (χ3v) is 3.68. The van der Waals surface area contributed by atoms with Gasteiger partial charge >= 0.3 is 0 Å². The molecule has 1 aromatic rings. The zero-order chi connectivity index (χ0) is 15.1. The third kappa shape index (κ3) is 4.66. The molecule has 1 aliphatic rings. The van der Waals surface area contributed by atoms with Gasteiger partial charge in [-0.05, 0) is 26.0 Å². The van der Waals surface area contributed by atoms with Gasteiger partial charge in [0.1, 0.15) is 5.82 Å². The van der Waals surface area contributed by atoms with Crippen molar-refractivity contribution < 1.29 is 13.9 Å². The molecule has 0 amide bonds. The summed E-state index contributed by atoms with van der Waals surface area (Å²) in [5.41, 5.74) is 0.698. The molecule has 0 N–H and O–H groups in total. The van der Waals surface area contributed by atoms with Gasteiger partial charge in [0.25, 0.3) is 0 Å². The van der Waals surface area contributed by atoms with Crippen molar-refractivity contribution in [3.8, 4) is 0 Å². The van der Waals surface area contributed by atoms with E-state index in [1.807, 2.05) is 26.0 Å². The molecule has 0 aromatic heterocycles. The van der Waals surface area contributed by atoms with E-state index in [-0.39, 0.29) is 12.1 Å². The van der Waals surface area contributed by atoms with Crippen molar-refractivity contribution in [2.75, 3.05) is 50.8 Å². The number of hydrogen-bond donors (Lipinski definition) is 0. The quantitative estimate of drug-likeness (QED) is 0.721. The highest BCUT2D eigenvalue weighted by molar-refractivity contribution is 5.47. The Balaban J connectivity index is 1.84. The zero-order valence-corrected chi connectivity index (χ0v) is 12.9. The van der Waals surface area contributed by atoms with Crippen LogP contribution in [0.5, 0.6) is 0 Å². The van der Waals surface area contributed by atoms with Gasteiger partial charge in [0.05, 0.1) is 5.69 Å². The molecular weight excluding hydrogens is 271 g/mol. The predicted molar refractivity (Wildman–Crippen MR) is 82.1 cm³/mol. The van der Waals surface area contributed by atoms with Gasteiger partial charge < -0.3 is 14.4 Å². The number of benzene rings is 1. The first-order valence-corrected chi connectivity index (χ1v) is 7.69. The van der Waals surface area contributed by atoms with E-state index in [0.717, 1.165) is 32.7 Å². The Kier molecular flexibility index (Phi) is 6.42.